The number of amides is 1. The highest BCUT2D eigenvalue weighted by atomic mass is 16.4. The van der Waals surface area contributed by atoms with E-state index in [-0.39, 0.29) is 11.9 Å². The van der Waals surface area contributed by atoms with E-state index in [2.05, 4.69) is 20.8 Å². The number of tetrazole rings is 1. The summed E-state index contributed by atoms with van der Waals surface area (Å²) in [5.74, 6) is -1.65. The third-order valence-corrected chi connectivity index (χ3v) is 3.87. The van der Waals surface area contributed by atoms with Crippen LogP contribution in [-0.2, 0) is 4.79 Å². The molecule has 8 nitrogen and oxygen atoms in total. The second kappa shape index (κ2) is 5.92. The first kappa shape index (κ1) is 14.2. The van der Waals surface area contributed by atoms with E-state index in [9.17, 15) is 9.59 Å². The van der Waals surface area contributed by atoms with Crippen LogP contribution in [0.4, 0.5) is 0 Å². The molecule has 114 valence electrons. The lowest BCUT2D eigenvalue weighted by Gasteiger charge is -2.17. The molecule has 1 aromatic heterocycles. The van der Waals surface area contributed by atoms with Crippen molar-refractivity contribution in [2.24, 2.45) is 5.92 Å². The quantitative estimate of drug-likeness (QED) is 0.857. The van der Waals surface area contributed by atoms with Gasteiger partial charge >= 0.3 is 5.97 Å². The Morgan fingerprint density at radius 3 is 2.91 bits per heavy atom. The standard InChI is InChI=1S/C14H15N5O3/c20-13(16-12-6-2-5-11(12)14(21)22)9-3-1-4-10(7-9)19-8-15-17-18-19/h1,3-4,7-8,11-12H,2,5-6H2,(H,16,20)(H,21,22)/t11-,12+/m1/s1. The van der Waals surface area contributed by atoms with E-state index in [1.54, 1.807) is 24.3 Å². The molecule has 1 aliphatic rings. The smallest absolute Gasteiger partial charge is 0.308 e. The molecular formula is C14H15N5O3. The molecule has 0 radical (unpaired) electrons. The Labute approximate surface area is 126 Å². The molecule has 0 unspecified atom stereocenters. The second-order valence-corrected chi connectivity index (χ2v) is 5.26. The second-order valence-electron chi connectivity index (χ2n) is 5.26. The van der Waals surface area contributed by atoms with E-state index >= 15 is 0 Å². The summed E-state index contributed by atoms with van der Waals surface area (Å²) < 4.78 is 1.45. The van der Waals surface area contributed by atoms with Gasteiger partial charge in [-0.25, -0.2) is 4.68 Å². The number of carboxylic acids is 1. The fourth-order valence-corrected chi connectivity index (χ4v) is 2.75. The minimum Gasteiger partial charge on any atom is -0.481 e. The Bertz CT molecular complexity index is 686. The molecule has 8 heteroatoms. The Morgan fingerprint density at radius 1 is 1.32 bits per heavy atom. The summed E-state index contributed by atoms with van der Waals surface area (Å²) in [6.45, 7) is 0. The maximum absolute atomic E-state index is 12.3. The SMILES string of the molecule is O=C(N[C@H]1CCC[C@H]1C(=O)O)c1cccc(-n2cnnn2)c1. The van der Waals surface area contributed by atoms with Gasteiger partial charge < -0.3 is 10.4 Å². The lowest BCUT2D eigenvalue weighted by molar-refractivity contribution is -0.142. The van der Waals surface area contributed by atoms with Gasteiger partial charge in [0.1, 0.15) is 6.33 Å². The van der Waals surface area contributed by atoms with Crippen LogP contribution in [0.3, 0.4) is 0 Å². The van der Waals surface area contributed by atoms with Crippen molar-refractivity contribution in [2.45, 2.75) is 25.3 Å². The number of hydrogen-bond donors (Lipinski definition) is 2. The maximum atomic E-state index is 12.3. The minimum atomic E-state index is -0.856. The Balaban J connectivity index is 1.75. The van der Waals surface area contributed by atoms with Gasteiger partial charge in [0.2, 0.25) is 0 Å². The zero-order valence-electron chi connectivity index (χ0n) is 11.7. The molecule has 0 spiro atoms. The fraction of sp³-hybridized carbons (Fsp3) is 0.357. The number of aromatic nitrogens is 4. The van der Waals surface area contributed by atoms with E-state index in [1.807, 2.05) is 0 Å². The molecule has 2 N–H and O–H groups in total. The third kappa shape index (κ3) is 2.80. The zero-order chi connectivity index (χ0) is 15.5. The van der Waals surface area contributed by atoms with Crippen LogP contribution in [-0.4, -0.2) is 43.2 Å². The molecule has 1 amide bonds. The predicted octanol–water partition coefficient (Wildman–Crippen LogP) is 0.645. The number of nitrogens with one attached hydrogen (secondary N) is 1. The average molecular weight is 301 g/mol. The fourth-order valence-electron chi connectivity index (χ4n) is 2.75. The van der Waals surface area contributed by atoms with Crippen molar-refractivity contribution in [1.29, 1.82) is 0 Å². The van der Waals surface area contributed by atoms with Gasteiger partial charge in [0.15, 0.2) is 0 Å². The number of aliphatic carboxylic acids is 1. The zero-order valence-corrected chi connectivity index (χ0v) is 11.7. The molecule has 1 aliphatic carbocycles. The Hall–Kier alpha value is -2.77. The van der Waals surface area contributed by atoms with E-state index in [0.717, 1.165) is 6.42 Å². The highest BCUT2D eigenvalue weighted by molar-refractivity contribution is 5.95. The van der Waals surface area contributed by atoms with Crippen molar-refractivity contribution in [3.05, 3.63) is 36.2 Å². The monoisotopic (exact) mass is 301 g/mol. The van der Waals surface area contributed by atoms with Gasteiger partial charge in [-0.1, -0.05) is 12.5 Å². The average Bonchev–Trinajstić information content (AvgIpc) is 3.18. The molecular weight excluding hydrogens is 286 g/mol. The van der Waals surface area contributed by atoms with Crippen molar-refractivity contribution in [1.82, 2.24) is 25.5 Å². The number of rotatable bonds is 4. The molecule has 2 aromatic rings. The van der Waals surface area contributed by atoms with Gasteiger partial charge in [-0.3, -0.25) is 9.59 Å². The molecule has 0 aliphatic heterocycles. The molecule has 3 rings (SSSR count). The Kier molecular flexibility index (Phi) is 3.82. The number of carbonyl (C=O) groups is 2. The first-order chi connectivity index (χ1) is 10.6. The molecule has 1 heterocycles. The molecule has 1 aromatic carbocycles. The molecule has 1 fully saturated rings. The van der Waals surface area contributed by atoms with Gasteiger partial charge in [-0.05, 0) is 41.5 Å². The normalized spacial score (nSPS) is 20.7. The largest absolute Gasteiger partial charge is 0.481 e. The van der Waals surface area contributed by atoms with E-state index in [1.165, 1.54) is 11.0 Å². The van der Waals surface area contributed by atoms with Crippen LogP contribution in [0.1, 0.15) is 29.6 Å². The maximum Gasteiger partial charge on any atom is 0.308 e. The van der Waals surface area contributed by atoms with Crippen LogP contribution in [0.5, 0.6) is 0 Å². The molecule has 22 heavy (non-hydrogen) atoms. The minimum absolute atomic E-state index is 0.284. The van der Waals surface area contributed by atoms with E-state index < -0.39 is 11.9 Å². The molecule has 0 saturated heterocycles. The number of hydrogen-bond acceptors (Lipinski definition) is 5. The summed E-state index contributed by atoms with van der Waals surface area (Å²) in [5.41, 5.74) is 1.11. The van der Waals surface area contributed by atoms with Gasteiger partial charge in [-0.15, -0.1) is 5.10 Å². The van der Waals surface area contributed by atoms with E-state index in [4.69, 9.17) is 5.11 Å². The van der Waals surface area contributed by atoms with Crippen molar-refractivity contribution in [3.63, 3.8) is 0 Å². The number of nitrogens with zero attached hydrogens (tertiary/aromatic N) is 4. The topological polar surface area (TPSA) is 110 Å². The van der Waals surface area contributed by atoms with Crippen LogP contribution in [0.25, 0.3) is 5.69 Å². The summed E-state index contributed by atoms with van der Waals surface area (Å²) in [6.07, 6.45) is 3.54. The summed E-state index contributed by atoms with van der Waals surface area (Å²) in [5, 5.41) is 22.9. The highest BCUT2D eigenvalue weighted by Gasteiger charge is 2.34. The van der Waals surface area contributed by atoms with Gasteiger partial charge in [-0.2, -0.15) is 0 Å². The van der Waals surface area contributed by atoms with Crippen molar-refractivity contribution in [2.75, 3.05) is 0 Å². The third-order valence-electron chi connectivity index (χ3n) is 3.87. The summed E-state index contributed by atoms with van der Waals surface area (Å²) >= 11 is 0. The van der Waals surface area contributed by atoms with Crippen LogP contribution >= 0.6 is 0 Å². The highest BCUT2D eigenvalue weighted by Crippen LogP contribution is 2.26. The van der Waals surface area contributed by atoms with E-state index in [0.29, 0.717) is 24.1 Å². The number of carbonyl (C=O) groups excluding carboxylic acids is 1. The van der Waals surface area contributed by atoms with Crippen molar-refractivity contribution >= 4 is 11.9 Å². The van der Waals surface area contributed by atoms with Crippen LogP contribution in [0.2, 0.25) is 0 Å². The molecule has 1 saturated carbocycles. The molecule has 2 atom stereocenters. The molecule has 0 bridgehead atoms. The van der Waals surface area contributed by atoms with Crippen LogP contribution < -0.4 is 5.32 Å². The first-order valence-electron chi connectivity index (χ1n) is 7.02. The predicted molar refractivity (Wildman–Crippen MR) is 75.4 cm³/mol. The summed E-state index contributed by atoms with van der Waals surface area (Å²) in [7, 11) is 0. The summed E-state index contributed by atoms with van der Waals surface area (Å²) in [4.78, 5) is 23.5. The van der Waals surface area contributed by atoms with Crippen molar-refractivity contribution < 1.29 is 14.7 Å². The van der Waals surface area contributed by atoms with Crippen LogP contribution in [0, 0.1) is 5.92 Å². The number of benzene rings is 1. The van der Waals surface area contributed by atoms with Gasteiger partial charge in [0, 0.05) is 11.6 Å². The lowest BCUT2D eigenvalue weighted by atomic mass is 10.0. The Morgan fingerprint density at radius 2 is 2.18 bits per heavy atom. The summed E-state index contributed by atoms with van der Waals surface area (Å²) in [6, 6.07) is 6.53. The van der Waals surface area contributed by atoms with Crippen molar-refractivity contribution in [3.8, 4) is 5.69 Å². The van der Waals surface area contributed by atoms with Crippen LogP contribution in [0.15, 0.2) is 30.6 Å². The first-order valence-corrected chi connectivity index (χ1v) is 7.02. The van der Waals surface area contributed by atoms with Gasteiger partial charge in [0.05, 0.1) is 11.6 Å². The number of carboxylic acid groups (broad SMARTS) is 1. The lowest BCUT2D eigenvalue weighted by Crippen LogP contribution is -2.40. The van der Waals surface area contributed by atoms with Gasteiger partial charge in [0.25, 0.3) is 5.91 Å².